The first kappa shape index (κ1) is 9.26. The quantitative estimate of drug-likeness (QED) is 0.733. The lowest BCUT2D eigenvalue weighted by Crippen LogP contribution is -2.25. The van der Waals surface area contributed by atoms with E-state index in [4.69, 9.17) is 5.73 Å². The van der Waals surface area contributed by atoms with E-state index in [0.717, 1.165) is 19.5 Å². The molecule has 0 radical (unpaired) electrons. The first-order valence-corrected chi connectivity index (χ1v) is 4.31. The predicted octanol–water partition coefficient (Wildman–Crippen LogP) is 1.26. The molecule has 2 N–H and O–H groups in total. The third-order valence-corrected chi connectivity index (χ3v) is 2.13. The topological polar surface area (TPSA) is 43.8 Å². The van der Waals surface area contributed by atoms with E-state index < -0.39 is 0 Å². The van der Waals surface area contributed by atoms with Crippen LogP contribution in [0.1, 0.15) is 20.3 Å². The van der Waals surface area contributed by atoms with E-state index in [0.29, 0.717) is 0 Å². The number of hydrogen-bond donors (Lipinski definition) is 1. The highest BCUT2D eigenvalue weighted by Crippen LogP contribution is 2.18. The predicted molar refractivity (Wildman–Crippen MR) is 49.7 cm³/mol. The molecular formula is C9H17N3. The van der Waals surface area contributed by atoms with Gasteiger partial charge < -0.3 is 5.73 Å². The molecule has 1 aromatic heterocycles. The van der Waals surface area contributed by atoms with E-state index in [-0.39, 0.29) is 5.41 Å². The molecule has 68 valence electrons. The summed E-state index contributed by atoms with van der Waals surface area (Å²) in [5, 5.41) is 4.13. The summed E-state index contributed by atoms with van der Waals surface area (Å²) in [6.45, 7) is 6.04. The van der Waals surface area contributed by atoms with E-state index in [1.165, 1.54) is 0 Å². The normalized spacial score (nSPS) is 11.9. The van der Waals surface area contributed by atoms with Crippen molar-refractivity contribution in [1.82, 2.24) is 9.78 Å². The van der Waals surface area contributed by atoms with Gasteiger partial charge in [-0.2, -0.15) is 5.10 Å². The zero-order valence-electron chi connectivity index (χ0n) is 7.83. The van der Waals surface area contributed by atoms with Crippen LogP contribution in [0.15, 0.2) is 18.5 Å². The highest BCUT2D eigenvalue weighted by atomic mass is 15.3. The fraction of sp³-hybridized carbons (Fsp3) is 0.667. The summed E-state index contributed by atoms with van der Waals surface area (Å²) in [7, 11) is 0. The van der Waals surface area contributed by atoms with Crippen LogP contribution in [-0.4, -0.2) is 16.3 Å². The van der Waals surface area contributed by atoms with Gasteiger partial charge in [-0.05, 0) is 24.4 Å². The lowest BCUT2D eigenvalue weighted by Gasteiger charge is -2.21. The molecule has 0 fully saturated rings. The monoisotopic (exact) mass is 167 g/mol. The molecule has 0 aromatic carbocycles. The van der Waals surface area contributed by atoms with Crippen LogP contribution in [-0.2, 0) is 6.54 Å². The Morgan fingerprint density at radius 2 is 2.25 bits per heavy atom. The van der Waals surface area contributed by atoms with Gasteiger partial charge in [-0.15, -0.1) is 0 Å². The minimum Gasteiger partial charge on any atom is -0.330 e. The molecule has 1 rings (SSSR count). The van der Waals surface area contributed by atoms with Crippen LogP contribution in [0, 0.1) is 5.41 Å². The maximum atomic E-state index is 5.62. The average molecular weight is 167 g/mol. The Morgan fingerprint density at radius 1 is 1.50 bits per heavy atom. The number of aryl methyl sites for hydroxylation is 1. The van der Waals surface area contributed by atoms with Crippen molar-refractivity contribution in [3.05, 3.63) is 18.5 Å². The van der Waals surface area contributed by atoms with Crippen LogP contribution < -0.4 is 5.73 Å². The summed E-state index contributed by atoms with van der Waals surface area (Å²) < 4.78 is 1.94. The highest BCUT2D eigenvalue weighted by Gasteiger charge is 2.14. The smallest absolute Gasteiger partial charge is 0.0489 e. The van der Waals surface area contributed by atoms with Gasteiger partial charge in [-0.3, -0.25) is 4.68 Å². The van der Waals surface area contributed by atoms with Crippen LogP contribution in [0.5, 0.6) is 0 Å². The first-order chi connectivity index (χ1) is 5.64. The molecule has 0 amide bonds. The van der Waals surface area contributed by atoms with Crippen molar-refractivity contribution in [1.29, 1.82) is 0 Å². The van der Waals surface area contributed by atoms with Gasteiger partial charge in [0, 0.05) is 18.9 Å². The molecule has 3 heteroatoms. The largest absolute Gasteiger partial charge is 0.330 e. The number of rotatable bonds is 4. The minimum absolute atomic E-state index is 0.228. The lowest BCUT2D eigenvalue weighted by atomic mass is 9.90. The van der Waals surface area contributed by atoms with Gasteiger partial charge >= 0.3 is 0 Å². The summed E-state index contributed by atoms with van der Waals surface area (Å²) >= 11 is 0. The molecule has 0 aliphatic heterocycles. The molecule has 0 aliphatic carbocycles. The number of hydrogen-bond acceptors (Lipinski definition) is 2. The summed E-state index contributed by atoms with van der Waals surface area (Å²) in [6, 6.07) is 1.94. The Labute approximate surface area is 73.6 Å². The third kappa shape index (κ3) is 2.66. The molecule has 0 bridgehead atoms. The fourth-order valence-corrected chi connectivity index (χ4v) is 0.952. The molecule has 0 atom stereocenters. The first-order valence-electron chi connectivity index (χ1n) is 4.31. The standard InChI is InChI=1S/C9H17N3/c1-9(2,8-10)4-7-12-6-3-5-11-12/h3,5-6H,4,7-8,10H2,1-2H3. The second kappa shape index (κ2) is 3.72. The van der Waals surface area contributed by atoms with E-state index in [9.17, 15) is 0 Å². The van der Waals surface area contributed by atoms with Crippen molar-refractivity contribution < 1.29 is 0 Å². The van der Waals surface area contributed by atoms with Crippen LogP contribution in [0.4, 0.5) is 0 Å². The van der Waals surface area contributed by atoms with Crippen molar-refractivity contribution >= 4 is 0 Å². The molecule has 0 unspecified atom stereocenters. The third-order valence-electron chi connectivity index (χ3n) is 2.13. The summed E-state index contributed by atoms with van der Waals surface area (Å²) in [5.41, 5.74) is 5.84. The molecule has 0 saturated carbocycles. The zero-order valence-corrected chi connectivity index (χ0v) is 7.83. The molecule has 0 spiro atoms. The van der Waals surface area contributed by atoms with E-state index in [1.807, 2.05) is 16.9 Å². The summed E-state index contributed by atoms with van der Waals surface area (Å²) in [4.78, 5) is 0. The molecule has 3 nitrogen and oxygen atoms in total. The maximum Gasteiger partial charge on any atom is 0.0489 e. The Bertz CT molecular complexity index is 214. The Hall–Kier alpha value is -0.830. The van der Waals surface area contributed by atoms with Crippen molar-refractivity contribution in [3.63, 3.8) is 0 Å². The van der Waals surface area contributed by atoms with Crippen molar-refractivity contribution in [2.24, 2.45) is 11.1 Å². The second-order valence-corrected chi connectivity index (χ2v) is 3.89. The van der Waals surface area contributed by atoms with Crippen molar-refractivity contribution in [3.8, 4) is 0 Å². The SMILES string of the molecule is CC(C)(CN)CCn1cccn1. The van der Waals surface area contributed by atoms with E-state index in [2.05, 4.69) is 18.9 Å². The zero-order chi connectivity index (χ0) is 9.03. The van der Waals surface area contributed by atoms with Crippen molar-refractivity contribution in [2.45, 2.75) is 26.8 Å². The average Bonchev–Trinajstić information content (AvgIpc) is 2.53. The fourth-order valence-electron chi connectivity index (χ4n) is 0.952. The van der Waals surface area contributed by atoms with Gasteiger partial charge in [0.15, 0.2) is 0 Å². The summed E-state index contributed by atoms with van der Waals surface area (Å²) in [5.74, 6) is 0. The summed E-state index contributed by atoms with van der Waals surface area (Å²) in [6.07, 6.45) is 4.85. The maximum absolute atomic E-state index is 5.62. The number of nitrogens with zero attached hydrogens (tertiary/aromatic N) is 2. The molecule has 12 heavy (non-hydrogen) atoms. The van der Waals surface area contributed by atoms with Gasteiger partial charge in [0.1, 0.15) is 0 Å². The minimum atomic E-state index is 0.228. The van der Waals surface area contributed by atoms with Gasteiger partial charge in [0.2, 0.25) is 0 Å². The Morgan fingerprint density at radius 3 is 2.75 bits per heavy atom. The van der Waals surface area contributed by atoms with Crippen LogP contribution in [0.3, 0.4) is 0 Å². The lowest BCUT2D eigenvalue weighted by molar-refractivity contribution is 0.317. The van der Waals surface area contributed by atoms with Gasteiger partial charge in [-0.25, -0.2) is 0 Å². The van der Waals surface area contributed by atoms with Crippen LogP contribution >= 0.6 is 0 Å². The van der Waals surface area contributed by atoms with Gasteiger partial charge in [-0.1, -0.05) is 13.8 Å². The molecule has 1 aromatic rings. The Kier molecular flexibility index (Phi) is 2.87. The van der Waals surface area contributed by atoms with E-state index >= 15 is 0 Å². The van der Waals surface area contributed by atoms with Crippen LogP contribution in [0.25, 0.3) is 0 Å². The highest BCUT2D eigenvalue weighted by molar-refractivity contribution is 4.78. The molecule has 0 aliphatic rings. The van der Waals surface area contributed by atoms with Gasteiger partial charge in [0.05, 0.1) is 0 Å². The van der Waals surface area contributed by atoms with E-state index in [1.54, 1.807) is 6.20 Å². The molecule has 1 heterocycles. The molecule has 0 saturated heterocycles. The van der Waals surface area contributed by atoms with Gasteiger partial charge in [0.25, 0.3) is 0 Å². The number of nitrogens with two attached hydrogens (primary N) is 1. The van der Waals surface area contributed by atoms with Crippen molar-refractivity contribution in [2.75, 3.05) is 6.54 Å². The second-order valence-electron chi connectivity index (χ2n) is 3.89. The number of aromatic nitrogens is 2. The Balaban J connectivity index is 2.36. The van der Waals surface area contributed by atoms with Crippen LogP contribution in [0.2, 0.25) is 0 Å². The molecular weight excluding hydrogens is 150 g/mol.